The van der Waals surface area contributed by atoms with Crippen LogP contribution >= 0.6 is 0 Å². The van der Waals surface area contributed by atoms with Gasteiger partial charge in [0, 0.05) is 31.5 Å². The molecular weight excluding hydrogens is 340 g/mol. The Balaban J connectivity index is 1.63. The third-order valence-electron chi connectivity index (χ3n) is 4.52. The van der Waals surface area contributed by atoms with Crippen molar-refractivity contribution in [2.75, 3.05) is 23.3 Å². The van der Waals surface area contributed by atoms with Gasteiger partial charge in [0.25, 0.3) is 0 Å². The van der Waals surface area contributed by atoms with Crippen LogP contribution in [0.2, 0.25) is 0 Å². The van der Waals surface area contributed by atoms with Crippen molar-refractivity contribution in [3.8, 4) is 0 Å². The molecule has 2 amide bonds. The smallest absolute Gasteiger partial charge is 0.319 e. The van der Waals surface area contributed by atoms with Crippen LogP contribution in [-0.4, -0.2) is 28.7 Å². The second kappa shape index (κ2) is 8.16. The van der Waals surface area contributed by atoms with Crippen molar-refractivity contribution in [1.82, 2.24) is 14.9 Å². The molecule has 0 atom stereocenters. The van der Waals surface area contributed by atoms with Crippen molar-refractivity contribution in [2.45, 2.75) is 39.3 Å². The Morgan fingerprint density at radius 3 is 2.54 bits per heavy atom. The number of carbonyl (C=O) groups excluding carboxylic acids is 1. The van der Waals surface area contributed by atoms with Gasteiger partial charge in [0.2, 0.25) is 0 Å². The fourth-order valence-electron chi connectivity index (χ4n) is 3.18. The number of carbonyl (C=O) groups is 1. The third-order valence-corrected chi connectivity index (χ3v) is 4.52. The van der Waals surface area contributed by atoms with E-state index in [4.69, 9.17) is 0 Å². The van der Waals surface area contributed by atoms with E-state index in [1.807, 2.05) is 11.5 Å². The van der Waals surface area contributed by atoms with E-state index < -0.39 is 17.7 Å². The largest absolute Gasteiger partial charge is 0.367 e. The summed E-state index contributed by atoms with van der Waals surface area (Å²) in [5, 5.41) is 5.13. The quantitative estimate of drug-likeness (QED) is 0.855. The maximum atomic E-state index is 14.4. The molecule has 1 aromatic heterocycles. The fraction of sp³-hybridized carbons (Fsp3) is 0.444. The number of aryl methyl sites for hydroxylation is 1. The molecule has 0 aliphatic carbocycles. The van der Waals surface area contributed by atoms with Crippen LogP contribution in [0.4, 0.5) is 25.0 Å². The van der Waals surface area contributed by atoms with Gasteiger partial charge in [-0.3, -0.25) is 0 Å². The maximum Gasteiger partial charge on any atom is 0.319 e. The number of halogens is 2. The van der Waals surface area contributed by atoms with Crippen molar-refractivity contribution in [3.63, 3.8) is 0 Å². The second-order valence-corrected chi connectivity index (χ2v) is 6.31. The molecule has 0 unspecified atom stereocenters. The SMILES string of the molecule is CCn1cncc1CNC(=O)Nc1cc(F)c(N2CCCCC2)c(F)c1. The third kappa shape index (κ3) is 4.12. The Labute approximate surface area is 151 Å². The van der Waals surface area contributed by atoms with Crippen molar-refractivity contribution in [2.24, 2.45) is 0 Å². The number of rotatable bonds is 5. The molecule has 0 saturated carbocycles. The minimum absolute atomic E-state index is 0.0116. The van der Waals surface area contributed by atoms with E-state index in [1.54, 1.807) is 17.4 Å². The molecule has 0 bridgehead atoms. The van der Waals surface area contributed by atoms with Crippen LogP contribution in [0.25, 0.3) is 0 Å². The molecule has 8 heteroatoms. The predicted molar refractivity (Wildman–Crippen MR) is 96.2 cm³/mol. The lowest BCUT2D eigenvalue weighted by atomic mass is 10.1. The first kappa shape index (κ1) is 18.2. The zero-order valence-electron chi connectivity index (χ0n) is 14.8. The molecule has 140 valence electrons. The summed E-state index contributed by atoms with van der Waals surface area (Å²) in [5.41, 5.74) is 0.922. The summed E-state index contributed by atoms with van der Waals surface area (Å²) >= 11 is 0. The van der Waals surface area contributed by atoms with Gasteiger partial charge in [-0.2, -0.15) is 0 Å². The Morgan fingerprint density at radius 2 is 1.88 bits per heavy atom. The zero-order valence-corrected chi connectivity index (χ0v) is 14.8. The van der Waals surface area contributed by atoms with Gasteiger partial charge in [0.1, 0.15) is 5.69 Å². The molecule has 2 aromatic rings. The molecule has 1 fully saturated rings. The number of aromatic nitrogens is 2. The highest BCUT2D eigenvalue weighted by molar-refractivity contribution is 5.89. The van der Waals surface area contributed by atoms with Crippen molar-refractivity contribution in [1.29, 1.82) is 0 Å². The second-order valence-electron chi connectivity index (χ2n) is 6.31. The summed E-state index contributed by atoms with van der Waals surface area (Å²) in [6, 6.07) is 1.78. The Kier molecular flexibility index (Phi) is 5.70. The summed E-state index contributed by atoms with van der Waals surface area (Å²) in [6.07, 6.45) is 6.28. The summed E-state index contributed by atoms with van der Waals surface area (Å²) < 4.78 is 30.7. The first-order valence-electron chi connectivity index (χ1n) is 8.86. The molecule has 1 aliphatic rings. The molecule has 0 radical (unpaired) electrons. The first-order chi connectivity index (χ1) is 12.6. The zero-order chi connectivity index (χ0) is 18.5. The number of urea groups is 1. The van der Waals surface area contributed by atoms with Gasteiger partial charge < -0.3 is 20.1 Å². The molecule has 3 rings (SSSR count). The monoisotopic (exact) mass is 363 g/mol. The van der Waals surface area contributed by atoms with Gasteiger partial charge in [-0.05, 0) is 38.3 Å². The van der Waals surface area contributed by atoms with Crippen LogP contribution in [0.1, 0.15) is 31.9 Å². The number of hydrogen-bond acceptors (Lipinski definition) is 3. The Hall–Kier alpha value is -2.64. The van der Waals surface area contributed by atoms with E-state index in [1.165, 1.54) is 0 Å². The average molecular weight is 363 g/mol. The van der Waals surface area contributed by atoms with Gasteiger partial charge in [-0.1, -0.05) is 0 Å². The van der Waals surface area contributed by atoms with Crippen molar-refractivity contribution < 1.29 is 13.6 Å². The Bertz CT molecular complexity index is 748. The summed E-state index contributed by atoms with van der Waals surface area (Å²) in [7, 11) is 0. The van der Waals surface area contributed by atoms with Crippen LogP contribution in [0, 0.1) is 11.6 Å². The lowest BCUT2D eigenvalue weighted by Gasteiger charge is -2.29. The molecular formula is C18H23F2N5O. The average Bonchev–Trinajstić information content (AvgIpc) is 3.08. The lowest BCUT2D eigenvalue weighted by molar-refractivity contribution is 0.251. The van der Waals surface area contributed by atoms with E-state index in [-0.39, 0.29) is 17.9 Å². The number of imidazole rings is 1. The fourth-order valence-corrected chi connectivity index (χ4v) is 3.18. The van der Waals surface area contributed by atoms with E-state index in [0.717, 1.165) is 43.6 Å². The molecule has 6 nitrogen and oxygen atoms in total. The number of hydrogen-bond donors (Lipinski definition) is 2. The van der Waals surface area contributed by atoms with E-state index in [9.17, 15) is 13.6 Å². The highest BCUT2D eigenvalue weighted by Crippen LogP contribution is 2.29. The molecule has 1 aromatic carbocycles. The number of amides is 2. The van der Waals surface area contributed by atoms with Crippen molar-refractivity contribution >= 4 is 17.4 Å². The molecule has 2 N–H and O–H groups in total. The van der Waals surface area contributed by atoms with E-state index in [0.29, 0.717) is 13.1 Å². The van der Waals surface area contributed by atoms with E-state index in [2.05, 4.69) is 15.6 Å². The van der Waals surface area contributed by atoms with Gasteiger partial charge >= 0.3 is 6.03 Å². The maximum absolute atomic E-state index is 14.4. The molecule has 1 aliphatic heterocycles. The van der Waals surface area contributed by atoms with Crippen LogP contribution in [0.15, 0.2) is 24.7 Å². The minimum Gasteiger partial charge on any atom is -0.367 e. The van der Waals surface area contributed by atoms with Gasteiger partial charge in [0.05, 0.1) is 18.6 Å². The molecule has 1 saturated heterocycles. The highest BCUT2D eigenvalue weighted by atomic mass is 19.1. The van der Waals surface area contributed by atoms with Crippen molar-refractivity contribution in [3.05, 3.63) is 42.0 Å². The highest BCUT2D eigenvalue weighted by Gasteiger charge is 2.20. The molecule has 2 heterocycles. The van der Waals surface area contributed by atoms with Crippen LogP contribution in [0.5, 0.6) is 0 Å². The number of piperidine rings is 1. The number of nitrogens with one attached hydrogen (secondary N) is 2. The summed E-state index contributed by atoms with van der Waals surface area (Å²) in [5.74, 6) is -1.32. The minimum atomic E-state index is -0.661. The van der Waals surface area contributed by atoms with Crippen LogP contribution < -0.4 is 15.5 Å². The predicted octanol–water partition coefficient (Wildman–Crippen LogP) is 3.49. The van der Waals surface area contributed by atoms with Gasteiger partial charge in [-0.15, -0.1) is 0 Å². The summed E-state index contributed by atoms with van der Waals surface area (Å²) in [4.78, 5) is 17.8. The first-order valence-corrected chi connectivity index (χ1v) is 8.86. The summed E-state index contributed by atoms with van der Waals surface area (Å²) in [6.45, 7) is 4.28. The normalized spacial score (nSPS) is 14.3. The van der Waals surface area contributed by atoms with Gasteiger partial charge in [-0.25, -0.2) is 18.6 Å². The van der Waals surface area contributed by atoms with E-state index >= 15 is 0 Å². The van der Waals surface area contributed by atoms with Gasteiger partial charge in [0.15, 0.2) is 11.6 Å². The number of nitrogens with zero attached hydrogens (tertiary/aromatic N) is 3. The Morgan fingerprint density at radius 1 is 1.19 bits per heavy atom. The van der Waals surface area contributed by atoms with Crippen LogP contribution in [-0.2, 0) is 13.1 Å². The molecule has 0 spiro atoms. The lowest BCUT2D eigenvalue weighted by Crippen LogP contribution is -2.31. The number of anilines is 2. The van der Waals surface area contributed by atoms with Crippen LogP contribution in [0.3, 0.4) is 0 Å². The molecule has 26 heavy (non-hydrogen) atoms. The number of benzene rings is 1. The topological polar surface area (TPSA) is 62.2 Å². The standard InChI is InChI=1S/C18H23F2N5O/c1-2-24-12-21-10-14(24)11-22-18(26)23-13-8-15(19)17(16(20)9-13)25-6-4-3-5-7-25/h8-10,12H,2-7,11H2,1H3,(H2,22,23,26).